The highest BCUT2D eigenvalue weighted by Gasteiger charge is 2.54. The summed E-state index contributed by atoms with van der Waals surface area (Å²) in [6.45, 7) is -1.49. The smallest absolute Gasteiger partial charge is 0.187 e. The van der Waals surface area contributed by atoms with Gasteiger partial charge in [-0.3, -0.25) is 0 Å². The molecule has 18 N–H and O–H groups in total. The lowest BCUT2D eigenvalue weighted by Gasteiger charge is -2.47. The standard InChI is InChI=1S/C23H45N5O14/c24-2-7-13(32)15(34)10(27)21(37-7)41-19-9(4-30)39-23(17(19)36)42-20-12(31)5(25)1-6(26)18(20)40-22-11(28)16(35)14(33)8(3-29)38-22/h5-23,29-36H,1-4,24-28H2/t5?,6?,7?,8?,9-,10?,11?,12?,13?,14?,15?,16?,17+,18?,19+,20?,21?,22?,23?/m1/s1. The summed E-state index contributed by atoms with van der Waals surface area (Å²) in [5.74, 6) is 0. The van der Waals surface area contributed by atoms with Gasteiger partial charge in [0.15, 0.2) is 18.9 Å². The van der Waals surface area contributed by atoms with Crippen LogP contribution in [0.5, 0.6) is 0 Å². The molecule has 19 nitrogen and oxygen atoms in total. The molecular weight excluding hydrogens is 570 g/mol. The lowest BCUT2D eigenvalue weighted by Crippen LogP contribution is -2.68. The van der Waals surface area contributed by atoms with Gasteiger partial charge in [0, 0.05) is 18.6 Å². The molecule has 246 valence electrons. The fraction of sp³-hybridized carbons (Fsp3) is 1.00. The molecule has 0 aromatic heterocycles. The van der Waals surface area contributed by atoms with Gasteiger partial charge in [-0.15, -0.1) is 0 Å². The summed E-state index contributed by atoms with van der Waals surface area (Å²) in [5.41, 5.74) is 29.9. The Morgan fingerprint density at radius 2 is 1.00 bits per heavy atom. The van der Waals surface area contributed by atoms with Crippen molar-refractivity contribution in [2.24, 2.45) is 28.7 Å². The third-order valence-corrected chi connectivity index (χ3v) is 8.32. The van der Waals surface area contributed by atoms with Crippen LogP contribution in [-0.2, 0) is 28.4 Å². The Kier molecular flexibility index (Phi) is 11.5. The maximum absolute atomic E-state index is 11.1. The number of hydrogen-bond acceptors (Lipinski definition) is 19. The number of hydrogen-bond donors (Lipinski definition) is 13. The van der Waals surface area contributed by atoms with E-state index in [-0.39, 0.29) is 13.0 Å². The highest BCUT2D eigenvalue weighted by atomic mass is 16.8. The average molecular weight is 616 g/mol. The molecule has 19 atom stereocenters. The zero-order valence-corrected chi connectivity index (χ0v) is 22.7. The van der Waals surface area contributed by atoms with Gasteiger partial charge in [0.25, 0.3) is 0 Å². The van der Waals surface area contributed by atoms with Gasteiger partial charge in [-0.25, -0.2) is 0 Å². The molecule has 0 radical (unpaired) electrons. The Hall–Kier alpha value is -0.760. The SMILES string of the molecule is NCC1OC(O[C@@H]2[C@H](O)C(OC3C(O)C(N)CC(N)C3OC3OC(CO)C(O)C(O)C3N)O[C@@H]2CO)C(N)C(O)C1O. The van der Waals surface area contributed by atoms with Gasteiger partial charge in [0.05, 0.1) is 31.4 Å². The van der Waals surface area contributed by atoms with Gasteiger partial charge < -0.3 is 97.9 Å². The zero-order valence-electron chi connectivity index (χ0n) is 22.7. The molecule has 16 unspecified atom stereocenters. The minimum atomic E-state index is -1.62. The van der Waals surface area contributed by atoms with Gasteiger partial charge in [-0.05, 0) is 6.42 Å². The van der Waals surface area contributed by atoms with Crippen molar-refractivity contribution in [1.82, 2.24) is 0 Å². The molecule has 4 fully saturated rings. The largest absolute Gasteiger partial charge is 0.394 e. The maximum Gasteiger partial charge on any atom is 0.187 e. The number of nitrogens with two attached hydrogens (primary N) is 5. The number of aliphatic hydroxyl groups excluding tert-OH is 8. The van der Waals surface area contributed by atoms with Crippen molar-refractivity contribution >= 4 is 0 Å². The summed E-state index contributed by atoms with van der Waals surface area (Å²) in [6.07, 6.45) is -20.5. The lowest BCUT2D eigenvalue weighted by molar-refractivity contribution is -0.310. The molecule has 0 amide bonds. The van der Waals surface area contributed by atoms with Crippen molar-refractivity contribution < 1.29 is 69.3 Å². The first kappa shape index (κ1) is 34.1. The van der Waals surface area contributed by atoms with Crippen LogP contribution in [-0.4, -0.2) is 177 Å². The number of ether oxygens (including phenoxy) is 6. The summed E-state index contributed by atoms with van der Waals surface area (Å²) in [5, 5.41) is 82.3. The van der Waals surface area contributed by atoms with E-state index in [0.717, 1.165) is 0 Å². The Morgan fingerprint density at radius 1 is 0.524 bits per heavy atom. The molecule has 42 heavy (non-hydrogen) atoms. The van der Waals surface area contributed by atoms with Crippen molar-refractivity contribution in [3.05, 3.63) is 0 Å². The Balaban J connectivity index is 1.50. The molecule has 3 aliphatic heterocycles. The van der Waals surface area contributed by atoms with Gasteiger partial charge in [0.1, 0.15) is 67.1 Å². The van der Waals surface area contributed by atoms with Crippen molar-refractivity contribution in [2.75, 3.05) is 19.8 Å². The molecule has 1 aliphatic carbocycles. The normalized spacial score (nSPS) is 53.8. The molecule has 0 aromatic rings. The van der Waals surface area contributed by atoms with E-state index in [9.17, 15) is 40.9 Å². The fourth-order valence-corrected chi connectivity index (χ4v) is 5.70. The van der Waals surface area contributed by atoms with Gasteiger partial charge >= 0.3 is 0 Å². The highest BCUT2D eigenvalue weighted by Crippen LogP contribution is 2.34. The first-order valence-corrected chi connectivity index (χ1v) is 13.8. The monoisotopic (exact) mass is 615 g/mol. The average Bonchev–Trinajstić information content (AvgIpc) is 3.27. The summed E-state index contributed by atoms with van der Waals surface area (Å²) < 4.78 is 34.4. The van der Waals surface area contributed by atoms with Crippen LogP contribution >= 0.6 is 0 Å². The molecular formula is C23H45N5O14. The fourth-order valence-electron chi connectivity index (χ4n) is 5.70. The molecule has 1 saturated carbocycles. The van der Waals surface area contributed by atoms with E-state index in [0.29, 0.717) is 0 Å². The van der Waals surface area contributed by atoms with Crippen LogP contribution in [0.1, 0.15) is 6.42 Å². The molecule has 0 aromatic carbocycles. The number of aliphatic hydroxyl groups is 8. The molecule has 0 spiro atoms. The van der Waals surface area contributed by atoms with Crippen molar-refractivity contribution in [1.29, 1.82) is 0 Å². The molecule has 19 heteroatoms. The second-order valence-electron chi connectivity index (χ2n) is 11.2. The second kappa shape index (κ2) is 14.1. The van der Waals surface area contributed by atoms with Crippen molar-refractivity contribution in [3.63, 3.8) is 0 Å². The maximum atomic E-state index is 11.1. The first-order valence-electron chi connectivity index (χ1n) is 13.8. The first-order chi connectivity index (χ1) is 19.8. The van der Waals surface area contributed by atoms with Crippen LogP contribution in [0.15, 0.2) is 0 Å². The summed E-state index contributed by atoms with van der Waals surface area (Å²) >= 11 is 0. The van der Waals surface area contributed by atoms with Crippen molar-refractivity contribution in [3.8, 4) is 0 Å². The molecule has 3 saturated heterocycles. The van der Waals surface area contributed by atoms with Crippen LogP contribution in [0.2, 0.25) is 0 Å². The van der Waals surface area contributed by atoms with Crippen LogP contribution < -0.4 is 28.7 Å². The minimum absolute atomic E-state index is 0.0642. The summed E-state index contributed by atoms with van der Waals surface area (Å²) in [6, 6.07) is -4.30. The van der Waals surface area contributed by atoms with Crippen LogP contribution in [0.4, 0.5) is 0 Å². The van der Waals surface area contributed by atoms with E-state index >= 15 is 0 Å². The molecule has 3 heterocycles. The van der Waals surface area contributed by atoms with Gasteiger partial charge in [-0.2, -0.15) is 0 Å². The quantitative estimate of drug-likeness (QED) is 0.114. The minimum Gasteiger partial charge on any atom is -0.394 e. The van der Waals surface area contributed by atoms with Crippen LogP contribution in [0, 0.1) is 0 Å². The third kappa shape index (κ3) is 6.60. The van der Waals surface area contributed by atoms with E-state index in [1.165, 1.54) is 0 Å². The van der Waals surface area contributed by atoms with Crippen LogP contribution in [0.25, 0.3) is 0 Å². The Morgan fingerprint density at radius 3 is 1.55 bits per heavy atom. The summed E-state index contributed by atoms with van der Waals surface area (Å²) in [7, 11) is 0. The predicted molar refractivity (Wildman–Crippen MR) is 136 cm³/mol. The summed E-state index contributed by atoms with van der Waals surface area (Å²) in [4.78, 5) is 0. The lowest BCUT2D eigenvalue weighted by atomic mass is 9.84. The van der Waals surface area contributed by atoms with E-state index in [1.54, 1.807) is 0 Å². The second-order valence-corrected chi connectivity index (χ2v) is 11.2. The predicted octanol–water partition coefficient (Wildman–Crippen LogP) is -8.86. The van der Waals surface area contributed by atoms with E-state index < -0.39 is 129 Å². The van der Waals surface area contributed by atoms with Crippen LogP contribution in [0.3, 0.4) is 0 Å². The molecule has 4 rings (SSSR count). The molecule has 0 bridgehead atoms. The molecule has 4 aliphatic rings. The number of rotatable bonds is 9. The van der Waals surface area contributed by atoms with E-state index in [1.807, 2.05) is 0 Å². The zero-order chi connectivity index (χ0) is 31.0. The Bertz CT molecular complexity index is 866. The van der Waals surface area contributed by atoms with E-state index in [4.69, 9.17) is 57.1 Å². The van der Waals surface area contributed by atoms with Gasteiger partial charge in [-0.1, -0.05) is 0 Å². The van der Waals surface area contributed by atoms with Gasteiger partial charge in [0.2, 0.25) is 0 Å². The van der Waals surface area contributed by atoms with E-state index in [2.05, 4.69) is 0 Å². The third-order valence-electron chi connectivity index (χ3n) is 8.32. The topological polar surface area (TPSA) is 347 Å². The Labute approximate surface area is 240 Å². The highest BCUT2D eigenvalue weighted by molar-refractivity contribution is 5.02. The van der Waals surface area contributed by atoms with Crippen molar-refractivity contribution in [2.45, 2.75) is 123 Å².